The number of benzene rings is 1. The third-order valence-electron chi connectivity index (χ3n) is 6.74. The van der Waals surface area contributed by atoms with Crippen LogP contribution in [0.1, 0.15) is 41.9 Å². The topological polar surface area (TPSA) is 128 Å². The molecule has 10 heteroatoms. The minimum Gasteiger partial charge on any atom is -0.382 e. The third-order valence-corrected chi connectivity index (χ3v) is 6.74. The van der Waals surface area contributed by atoms with Crippen LogP contribution in [-0.4, -0.2) is 62.4 Å². The summed E-state index contributed by atoms with van der Waals surface area (Å²) < 4.78 is 7.21. The molecule has 1 saturated heterocycles. The van der Waals surface area contributed by atoms with Gasteiger partial charge in [0.05, 0.1) is 0 Å². The van der Waals surface area contributed by atoms with Crippen molar-refractivity contribution in [2.24, 2.45) is 0 Å². The highest BCUT2D eigenvalue weighted by Gasteiger charge is 2.31. The summed E-state index contributed by atoms with van der Waals surface area (Å²) >= 11 is 0. The molecule has 3 aromatic heterocycles. The van der Waals surface area contributed by atoms with Crippen LogP contribution < -0.4 is 11.1 Å². The lowest BCUT2D eigenvalue weighted by Gasteiger charge is -2.33. The molecule has 1 fully saturated rings. The number of aromatic nitrogens is 4. The van der Waals surface area contributed by atoms with Crippen LogP contribution in [0.15, 0.2) is 61.1 Å². The number of pyridine rings is 1. The predicted molar refractivity (Wildman–Crippen MR) is 140 cm³/mol. The van der Waals surface area contributed by atoms with Gasteiger partial charge in [-0.25, -0.2) is 15.0 Å². The number of imidazole rings is 1. The van der Waals surface area contributed by atoms with Crippen LogP contribution in [0.2, 0.25) is 0 Å². The number of methoxy groups -OCH3 is 1. The van der Waals surface area contributed by atoms with Gasteiger partial charge < -0.3 is 20.7 Å². The van der Waals surface area contributed by atoms with Crippen LogP contribution >= 0.6 is 0 Å². The average Bonchev–Trinajstić information content (AvgIpc) is 3.34. The van der Waals surface area contributed by atoms with Crippen LogP contribution in [0.25, 0.3) is 16.8 Å². The fourth-order valence-electron chi connectivity index (χ4n) is 4.73. The highest BCUT2D eigenvalue weighted by atomic mass is 16.5. The number of fused-ring (bicyclic) bond motifs is 1. The summed E-state index contributed by atoms with van der Waals surface area (Å²) in [5.74, 6) is 1.45. The molecule has 2 atom stereocenters. The lowest BCUT2D eigenvalue weighted by molar-refractivity contribution is -0.142. The number of nitrogen functional groups attached to an aromatic ring is 1. The van der Waals surface area contributed by atoms with E-state index in [1.807, 2.05) is 33.7 Å². The van der Waals surface area contributed by atoms with Crippen LogP contribution in [0.3, 0.4) is 0 Å². The molecule has 10 nitrogen and oxygen atoms in total. The first-order valence-electron chi connectivity index (χ1n) is 12.2. The molecule has 1 unspecified atom stereocenters. The summed E-state index contributed by atoms with van der Waals surface area (Å²) in [5, 5.41) is 2.79. The molecule has 37 heavy (non-hydrogen) atoms. The number of nitrogens with one attached hydrogen (secondary N) is 1. The Morgan fingerprint density at radius 3 is 2.68 bits per heavy atom. The second kappa shape index (κ2) is 10.4. The molecule has 0 bridgehead atoms. The molecule has 1 aliphatic heterocycles. The number of piperidine rings is 1. The van der Waals surface area contributed by atoms with Gasteiger partial charge in [-0.05, 0) is 44.0 Å². The van der Waals surface area contributed by atoms with Crippen molar-refractivity contribution in [2.45, 2.75) is 31.8 Å². The van der Waals surface area contributed by atoms with E-state index in [0.717, 1.165) is 24.2 Å². The van der Waals surface area contributed by atoms with Crippen molar-refractivity contribution < 1.29 is 14.3 Å². The number of amides is 2. The van der Waals surface area contributed by atoms with Crippen molar-refractivity contribution in [3.63, 3.8) is 0 Å². The molecule has 0 radical (unpaired) electrons. The van der Waals surface area contributed by atoms with Gasteiger partial charge >= 0.3 is 0 Å². The molecule has 2 amide bonds. The molecule has 190 valence electrons. The number of hydrogen-bond acceptors (Lipinski definition) is 7. The van der Waals surface area contributed by atoms with E-state index < -0.39 is 6.10 Å². The summed E-state index contributed by atoms with van der Waals surface area (Å²) in [6.45, 7) is 3.02. The van der Waals surface area contributed by atoms with E-state index in [2.05, 4.69) is 15.3 Å². The van der Waals surface area contributed by atoms with Crippen LogP contribution in [-0.2, 0) is 9.53 Å². The Balaban J connectivity index is 1.45. The monoisotopic (exact) mass is 499 g/mol. The summed E-state index contributed by atoms with van der Waals surface area (Å²) in [7, 11) is 1.54. The highest BCUT2D eigenvalue weighted by Crippen LogP contribution is 2.34. The fraction of sp³-hybridized carbons (Fsp3) is 0.296. The molecule has 0 spiro atoms. The first-order chi connectivity index (χ1) is 18.0. The third kappa shape index (κ3) is 4.88. The van der Waals surface area contributed by atoms with Crippen LogP contribution in [0.4, 0.5) is 11.6 Å². The number of carbonyl (C=O) groups excluding carboxylic acids is 2. The van der Waals surface area contributed by atoms with Gasteiger partial charge in [0.15, 0.2) is 0 Å². The molecule has 4 heterocycles. The van der Waals surface area contributed by atoms with E-state index in [9.17, 15) is 9.59 Å². The number of likely N-dealkylation sites (tertiary alicyclic amines) is 1. The zero-order valence-corrected chi connectivity index (χ0v) is 20.8. The second-order valence-electron chi connectivity index (χ2n) is 9.10. The van der Waals surface area contributed by atoms with Crippen molar-refractivity contribution in [2.75, 3.05) is 31.2 Å². The predicted octanol–water partition coefficient (Wildman–Crippen LogP) is 3.37. The molecule has 1 aliphatic rings. The molecule has 5 rings (SSSR count). The summed E-state index contributed by atoms with van der Waals surface area (Å²) in [6, 6.07) is 12.5. The molecule has 1 aromatic carbocycles. The largest absolute Gasteiger partial charge is 0.382 e. The van der Waals surface area contributed by atoms with Crippen LogP contribution in [0, 0.1) is 0 Å². The Hall–Kier alpha value is -4.31. The van der Waals surface area contributed by atoms with Gasteiger partial charge in [-0.1, -0.05) is 18.2 Å². The fourth-order valence-corrected chi connectivity index (χ4v) is 4.73. The molecular formula is C27H29N7O3. The van der Waals surface area contributed by atoms with E-state index in [1.54, 1.807) is 50.7 Å². The standard InChI is InChI=1S/C27H29N7O3/c1-17(37-2)27(36)33-14-5-6-20(16-33)25-32-22(23-24(28)30-13-15-34(23)25)18-8-10-19(11-9-18)26(35)31-21-7-3-4-12-29-21/h3-4,7-13,15,17,20H,5-6,14,16H2,1-2H3,(H2,28,30)(H,29,31,35)/t17?,20-/m1/s1. The van der Waals surface area contributed by atoms with Gasteiger partial charge in [0.1, 0.15) is 34.8 Å². The van der Waals surface area contributed by atoms with E-state index in [-0.39, 0.29) is 17.7 Å². The van der Waals surface area contributed by atoms with E-state index in [1.165, 1.54) is 0 Å². The first kappa shape index (κ1) is 24.4. The number of anilines is 2. The number of rotatable bonds is 6. The van der Waals surface area contributed by atoms with E-state index in [4.69, 9.17) is 15.5 Å². The molecule has 0 saturated carbocycles. The SMILES string of the molecule is COC(C)C(=O)N1CCC[C@@H](c2nc(-c3ccc(C(=O)Nc4ccccn4)cc3)c3c(N)nccn23)C1. The number of nitrogens with two attached hydrogens (primary N) is 1. The highest BCUT2D eigenvalue weighted by molar-refractivity contribution is 6.04. The lowest BCUT2D eigenvalue weighted by Crippen LogP contribution is -2.44. The van der Waals surface area contributed by atoms with Crippen molar-refractivity contribution in [3.05, 3.63) is 72.4 Å². The van der Waals surface area contributed by atoms with Crippen molar-refractivity contribution >= 4 is 29.0 Å². The number of hydrogen-bond donors (Lipinski definition) is 2. The lowest BCUT2D eigenvalue weighted by atomic mass is 9.96. The molecule has 0 aliphatic carbocycles. The Morgan fingerprint density at radius 1 is 1.14 bits per heavy atom. The summed E-state index contributed by atoms with van der Waals surface area (Å²) in [4.78, 5) is 40.7. The summed E-state index contributed by atoms with van der Waals surface area (Å²) in [5.41, 5.74) is 9.01. The minimum absolute atomic E-state index is 0.0194. The van der Waals surface area contributed by atoms with Gasteiger partial charge in [0.2, 0.25) is 0 Å². The number of ether oxygens (including phenoxy) is 1. The second-order valence-corrected chi connectivity index (χ2v) is 9.10. The summed E-state index contributed by atoms with van der Waals surface area (Å²) in [6.07, 6.45) is 6.42. The Morgan fingerprint density at radius 2 is 1.95 bits per heavy atom. The van der Waals surface area contributed by atoms with Crippen molar-refractivity contribution in [1.29, 1.82) is 0 Å². The number of carbonyl (C=O) groups is 2. The molecule has 4 aromatic rings. The van der Waals surface area contributed by atoms with Gasteiger partial charge in [-0.2, -0.15) is 0 Å². The maximum atomic E-state index is 12.8. The van der Waals surface area contributed by atoms with Gasteiger partial charge in [0, 0.05) is 55.8 Å². The molecular weight excluding hydrogens is 470 g/mol. The smallest absolute Gasteiger partial charge is 0.256 e. The first-order valence-corrected chi connectivity index (χ1v) is 12.2. The van der Waals surface area contributed by atoms with Gasteiger partial charge in [-0.15, -0.1) is 0 Å². The zero-order chi connectivity index (χ0) is 25.9. The van der Waals surface area contributed by atoms with E-state index in [0.29, 0.717) is 41.5 Å². The van der Waals surface area contributed by atoms with Gasteiger partial charge in [-0.3, -0.25) is 14.0 Å². The van der Waals surface area contributed by atoms with Crippen molar-refractivity contribution in [1.82, 2.24) is 24.3 Å². The Labute approximate surface area is 214 Å². The maximum absolute atomic E-state index is 12.8. The zero-order valence-electron chi connectivity index (χ0n) is 20.8. The Bertz CT molecular complexity index is 1420. The normalized spacial score (nSPS) is 16.5. The minimum atomic E-state index is -0.487. The maximum Gasteiger partial charge on any atom is 0.256 e. The quantitative estimate of drug-likeness (QED) is 0.416. The average molecular weight is 500 g/mol. The number of nitrogens with zero attached hydrogens (tertiary/aromatic N) is 5. The molecule has 3 N–H and O–H groups in total. The van der Waals surface area contributed by atoms with Crippen LogP contribution in [0.5, 0.6) is 0 Å². The Kier molecular flexibility index (Phi) is 6.82. The van der Waals surface area contributed by atoms with Gasteiger partial charge in [0.25, 0.3) is 11.8 Å². The van der Waals surface area contributed by atoms with Crippen molar-refractivity contribution in [3.8, 4) is 11.3 Å². The van der Waals surface area contributed by atoms with E-state index >= 15 is 0 Å².